The number of halogens is 1. The number of nitrogens with one attached hydrogen (secondary N) is 2. The highest BCUT2D eigenvalue weighted by Crippen LogP contribution is 2.26. The molecule has 18 heavy (non-hydrogen) atoms. The summed E-state index contributed by atoms with van der Waals surface area (Å²) in [6.07, 6.45) is 0.997. The zero-order valence-electron chi connectivity index (χ0n) is 10.8. The first-order chi connectivity index (χ1) is 8.50. The summed E-state index contributed by atoms with van der Waals surface area (Å²) < 4.78 is 0. The van der Waals surface area contributed by atoms with Crippen molar-refractivity contribution in [1.29, 1.82) is 0 Å². The maximum absolute atomic E-state index is 12.4. The quantitative estimate of drug-likeness (QED) is 0.880. The maximum atomic E-state index is 12.4. The zero-order valence-corrected chi connectivity index (χ0v) is 11.6. The van der Waals surface area contributed by atoms with Crippen LogP contribution in [0.15, 0.2) is 24.3 Å². The highest BCUT2D eigenvalue weighted by atomic mass is 35.5. The van der Waals surface area contributed by atoms with Gasteiger partial charge in [0.05, 0.1) is 5.41 Å². The average molecular weight is 267 g/mol. The van der Waals surface area contributed by atoms with E-state index in [1.54, 1.807) is 0 Å². The van der Waals surface area contributed by atoms with Crippen LogP contribution in [0.1, 0.15) is 25.8 Å². The van der Waals surface area contributed by atoms with Crippen LogP contribution in [0.5, 0.6) is 0 Å². The van der Waals surface area contributed by atoms with Gasteiger partial charge in [0.25, 0.3) is 0 Å². The summed E-state index contributed by atoms with van der Waals surface area (Å²) in [5, 5.41) is 7.00. The summed E-state index contributed by atoms with van der Waals surface area (Å²) >= 11 is 5.98. The molecule has 1 amide bonds. The minimum atomic E-state index is -0.562. The van der Waals surface area contributed by atoms with E-state index in [1.165, 1.54) is 0 Å². The molecule has 1 unspecified atom stereocenters. The van der Waals surface area contributed by atoms with E-state index in [2.05, 4.69) is 10.6 Å². The molecule has 1 saturated heterocycles. The molecule has 0 aromatic heterocycles. The smallest absolute Gasteiger partial charge is 0.230 e. The van der Waals surface area contributed by atoms with Crippen LogP contribution in [0.25, 0.3) is 0 Å². The predicted octanol–water partition coefficient (Wildman–Crippen LogP) is 2.10. The van der Waals surface area contributed by atoms with Crippen molar-refractivity contribution >= 4 is 17.5 Å². The minimum Gasteiger partial charge on any atom is -0.351 e. The van der Waals surface area contributed by atoms with Crippen LogP contribution in [-0.2, 0) is 10.2 Å². The first-order valence-electron chi connectivity index (χ1n) is 6.28. The number of carbonyl (C=O) groups is 1. The van der Waals surface area contributed by atoms with E-state index in [-0.39, 0.29) is 11.9 Å². The molecule has 0 bridgehead atoms. The molecular weight excluding hydrogens is 248 g/mol. The molecule has 1 aromatic carbocycles. The van der Waals surface area contributed by atoms with E-state index in [0.29, 0.717) is 5.02 Å². The molecule has 1 aliphatic rings. The summed E-state index contributed by atoms with van der Waals surface area (Å²) in [6, 6.07) is 7.74. The van der Waals surface area contributed by atoms with Crippen molar-refractivity contribution in [3.8, 4) is 0 Å². The zero-order chi connectivity index (χ0) is 13.2. The lowest BCUT2D eigenvalue weighted by molar-refractivity contribution is -0.126. The van der Waals surface area contributed by atoms with E-state index in [0.717, 1.165) is 25.1 Å². The number of hydrogen-bond donors (Lipinski definition) is 2. The van der Waals surface area contributed by atoms with Crippen molar-refractivity contribution < 1.29 is 4.79 Å². The van der Waals surface area contributed by atoms with Gasteiger partial charge in [0.15, 0.2) is 0 Å². The van der Waals surface area contributed by atoms with E-state index < -0.39 is 5.41 Å². The number of carbonyl (C=O) groups excluding carboxylic acids is 1. The van der Waals surface area contributed by atoms with Crippen LogP contribution in [-0.4, -0.2) is 25.0 Å². The molecule has 2 rings (SSSR count). The van der Waals surface area contributed by atoms with Crippen molar-refractivity contribution in [2.24, 2.45) is 0 Å². The third-order valence-electron chi connectivity index (χ3n) is 3.51. The Morgan fingerprint density at radius 2 is 2.28 bits per heavy atom. The van der Waals surface area contributed by atoms with E-state index in [9.17, 15) is 4.79 Å². The summed E-state index contributed by atoms with van der Waals surface area (Å²) in [6.45, 7) is 5.69. The minimum absolute atomic E-state index is 0.0541. The van der Waals surface area contributed by atoms with E-state index in [4.69, 9.17) is 11.6 Å². The third kappa shape index (κ3) is 2.85. The first-order valence-corrected chi connectivity index (χ1v) is 6.65. The fourth-order valence-electron chi connectivity index (χ4n) is 2.15. The normalized spacial score (nSPS) is 19.8. The standard InChI is InChI=1S/C14H19ClN2O/c1-14(2,10-4-3-5-11(15)8-10)13(18)17-12-6-7-16-9-12/h3-5,8,12,16H,6-7,9H2,1-2H3,(H,17,18). The predicted molar refractivity (Wildman–Crippen MR) is 73.9 cm³/mol. The van der Waals surface area contributed by atoms with Gasteiger partial charge in [-0.3, -0.25) is 4.79 Å². The topological polar surface area (TPSA) is 41.1 Å². The molecule has 98 valence electrons. The molecule has 4 heteroatoms. The van der Waals surface area contributed by atoms with Gasteiger partial charge in [-0.25, -0.2) is 0 Å². The number of rotatable bonds is 3. The number of benzene rings is 1. The van der Waals surface area contributed by atoms with Gasteiger partial charge in [0, 0.05) is 17.6 Å². The van der Waals surface area contributed by atoms with Gasteiger partial charge >= 0.3 is 0 Å². The van der Waals surface area contributed by atoms with Gasteiger partial charge in [0.1, 0.15) is 0 Å². The Labute approximate surface area is 113 Å². The van der Waals surface area contributed by atoms with Crippen molar-refractivity contribution in [3.63, 3.8) is 0 Å². The molecule has 3 nitrogen and oxygen atoms in total. The molecule has 0 aliphatic carbocycles. The fraction of sp³-hybridized carbons (Fsp3) is 0.500. The van der Waals surface area contributed by atoms with Gasteiger partial charge in [-0.05, 0) is 44.5 Å². The van der Waals surface area contributed by atoms with Gasteiger partial charge in [-0.15, -0.1) is 0 Å². The van der Waals surface area contributed by atoms with Crippen molar-refractivity contribution in [1.82, 2.24) is 10.6 Å². The van der Waals surface area contributed by atoms with Gasteiger partial charge < -0.3 is 10.6 Å². The fourth-order valence-corrected chi connectivity index (χ4v) is 2.34. The first kappa shape index (κ1) is 13.4. The molecule has 0 radical (unpaired) electrons. The van der Waals surface area contributed by atoms with Crippen LogP contribution in [0.2, 0.25) is 5.02 Å². The van der Waals surface area contributed by atoms with Gasteiger partial charge in [-0.1, -0.05) is 23.7 Å². The lowest BCUT2D eigenvalue weighted by atomic mass is 9.83. The number of amides is 1. The average Bonchev–Trinajstić information content (AvgIpc) is 2.81. The largest absolute Gasteiger partial charge is 0.351 e. The molecule has 1 aromatic rings. The number of hydrogen-bond acceptors (Lipinski definition) is 2. The maximum Gasteiger partial charge on any atom is 0.230 e. The Balaban J connectivity index is 2.11. The Morgan fingerprint density at radius 3 is 2.89 bits per heavy atom. The van der Waals surface area contributed by atoms with Crippen molar-refractivity contribution in [2.45, 2.75) is 31.7 Å². The van der Waals surface area contributed by atoms with Crippen molar-refractivity contribution in [3.05, 3.63) is 34.9 Å². The Bertz CT molecular complexity index is 439. The van der Waals surface area contributed by atoms with Crippen LogP contribution in [0.3, 0.4) is 0 Å². The lowest BCUT2D eigenvalue weighted by Gasteiger charge is -2.26. The Hall–Kier alpha value is -1.06. The molecular formula is C14H19ClN2O. The summed E-state index contributed by atoms with van der Waals surface area (Å²) in [5.74, 6) is 0.0541. The molecule has 1 atom stereocenters. The Morgan fingerprint density at radius 1 is 1.50 bits per heavy atom. The van der Waals surface area contributed by atoms with Crippen LogP contribution >= 0.6 is 11.6 Å². The van der Waals surface area contributed by atoms with Gasteiger partial charge in [-0.2, -0.15) is 0 Å². The highest BCUT2D eigenvalue weighted by molar-refractivity contribution is 6.30. The summed E-state index contributed by atoms with van der Waals surface area (Å²) in [7, 11) is 0. The second kappa shape index (κ2) is 5.29. The van der Waals surface area contributed by atoms with E-state index >= 15 is 0 Å². The summed E-state index contributed by atoms with van der Waals surface area (Å²) in [4.78, 5) is 12.4. The second-order valence-electron chi connectivity index (χ2n) is 5.30. The molecule has 1 fully saturated rings. The third-order valence-corrected chi connectivity index (χ3v) is 3.74. The molecule has 1 aliphatic heterocycles. The van der Waals surface area contributed by atoms with Crippen LogP contribution in [0, 0.1) is 0 Å². The molecule has 2 N–H and O–H groups in total. The molecule has 0 spiro atoms. The van der Waals surface area contributed by atoms with Crippen LogP contribution in [0.4, 0.5) is 0 Å². The van der Waals surface area contributed by atoms with Gasteiger partial charge in [0.2, 0.25) is 5.91 Å². The lowest BCUT2D eigenvalue weighted by Crippen LogP contribution is -2.45. The van der Waals surface area contributed by atoms with E-state index in [1.807, 2.05) is 38.1 Å². The molecule has 1 heterocycles. The monoisotopic (exact) mass is 266 g/mol. The second-order valence-corrected chi connectivity index (χ2v) is 5.73. The summed E-state index contributed by atoms with van der Waals surface area (Å²) in [5.41, 5.74) is 0.381. The highest BCUT2D eigenvalue weighted by Gasteiger charge is 2.31. The molecule has 0 saturated carbocycles. The van der Waals surface area contributed by atoms with Crippen molar-refractivity contribution in [2.75, 3.05) is 13.1 Å². The SMILES string of the molecule is CC(C)(C(=O)NC1CCNC1)c1cccc(Cl)c1. The van der Waals surface area contributed by atoms with Crippen LogP contribution < -0.4 is 10.6 Å². The Kier molecular flexibility index (Phi) is 3.93.